The SMILES string of the molecule is CC1C(=O)N(C)CCN1Cc1ccc(OCC(=O)N2CCCCC2)cc1. The van der Waals surface area contributed by atoms with Gasteiger partial charge in [-0.15, -0.1) is 0 Å². The van der Waals surface area contributed by atoms with E-state index in [2.05, 4.69) is 4.90 Å². The van der Waals surface area contributed by atoms with Crippen molar-refractivity contribution < 1.29 is 14.3 Å². The Labute approximate surface area is 155 Å². The highest BCUT2D eigenvalue weighted by Gasteiger charge is 2.29. The summed E-state index contributed by atoms with van der Waals surface area (Å²) in [6.45, 7) is 6.15. The fraction of sp³-hybridized carbons (Fsp3) is 0.600. The summed E-state index contributed by atoms with van der Waals surface area (Å²) < 4.78 is 5.65. The molecule has 2 amide bonds. The Morgan fingerprint density at radius 2 is 1.77 bits per heavy atom. The smallest absolute Gasteiger partial charge is 0.260 e. The molecule has 1 aromatic carbocycles. The average Bonchev–Trinajstić information content (AvgIpc) is 2.68. The molecule has 0 bridgehead atoms. The molecule has 3 rings (SSSR count). The summed E-state index contributed by atoms with van der Waals surface area (Å²) in [5.74, 6) is 0.951. The van der Waals surface area contributed by atoms with Crippen LogP contribution in [0.4, 0.5) is 0 Å². The van der Waals surface area contributed by atoms with Gasteiger partial charge in [0, 0.05) is 39.8 Å². The van der Waals surface area contributed by atoms with Crippen LogP contribution in [-0.2, 0) is 16.1 Å². The van der Waals surface area contributed by atoms with Crippen molar-refractivity contribution in [3.63, 3.8) is 0 Å². The molecule has 142 valence electrons. The number of rotatable bonds is 5. The first-order valence-electron chi connectivity index (χ1n) is 9.53. The fourth-order valence-electron chi connectivity index (χ4n) is 3.58. The van der Waals surface area contributed by atoms with E-state index in [1.807, 2.05) is 43.1 Å². The van der Waals surface area contributed by atoms with Crippen LogP contribution in [0.2, 0.25) is 0 Å². The second-order valence-corrected chi connectivity index (χ2v) is 7.28. The van der Waals surface area contributed by atoms with Crippen LogP contribution in [-0.4, -0.2) is 72.4 Å². The number of benzene rings is 1. The molecule has 0 aromatic heterocycles. The molecule has 0 radical (unpaired) electrons. The van der Waals surface area contributed by atoms with Gasteiger partial charge in [0.25, 0.3) is 5.91 Å². The lowest BCUT2D eigenvalue weighted by atomic mass is 10.1. The van der Waals surface area contributed by atoms with Crippen LogP contribution in [0.5, 0.6) is 5.75 Å². The molecule has 26 heavy (non-hydrogen) atoms. The van der Waals surface area contributed by atoms with Gasteiger partial charge in [0.05, 0.1) is 6.04 Å². The van der Waals surface area contributed by atoms with E-state index in [1.54, 1.807) is 4.90 Å². The highest BCUT2D eigenvalue weighted by atomic mass is 16.5. The lowest BCUT2D eigenvalue weighted by Gasteiger charge is -2.37. The highest BCUT2D eigenvalue weighted by molar-refractivity contribution is 5.82. The van der Waals surface area contributed by atoms with E-state index in [-0.39, 0.29) is 24.5 Å². The van der Waals surface area contributed by atoms with Crippen LogP contribution in [0.1, 0.15) is 31.7 Å². The quantitative estimate of drug-likeness (QED) is 0.804. The zero-order valence-electron chi connectivity index (χ0n) is 15.8. The maximum absolute atomic E-state index is 12.2. The van der Waals surface area contributed by atoms with E-state index in [4.69, 9.17) is 4.74 Å². The number of carbonyl (C=O) groups excluding carboxylic acids is 2. The van der Waals surface area contributed by atoms with Crippen molar-refractivity contribution in [1.29, 1.82) is 0 Å². The van der Waals surface area contributed by atoms with Gasteiger partial charge in [0.1, 0.15) is 5.75 Å². The molecule has 0 saturated carbocycles. The van der Waals surface area contributed by atoms with Crippen LogP contribution in [0.3, 0.4) is 0 Å². The number of likely N-dealkylation sites (tertiary alicyclic amines) is 1. The number of piperazine rings is 1. The number of ether oxygens (including phenoxy) is 1. The molecule has 2 aliphatic heterocycles. The summed E-state index contributed by atoms with van der Waals surface area (Å²) in [7, 11) is 1.85. The lowest BCUT2D eigenvalue weighted by Crippen LogP contribution is -2.53. The summed E-state index contributed by atoms with van der Waals surface area (Å²) >= 11 is 0. The van der Waals surface area contributed by atoms with Crippen molar-refractivity contribution in [3.05, 3.63) is 29.8 Å². The maximum Gasteiger partial charge on any atom is 0.260 e. The Hall–Kier alpha value is -2.08. The third-order valence-electron chi connectivity index (χ3n) is 5.38. The summed E-state index contributed by atoms with van der Waals surface area (Å²) in [6.07, 6.45) is 3.39. The molecule has 2 heterocycles. The molecule has 6 heteroatoms. The second kappa shape index (κ2) is 8.54. The van der Waals surface area contributed by atoms with Crippen LogP contribution in [0, 0.1) is 0 Å². The van der Waals surface area contributed by atoms with E-state index in [0.29, 0.717) is 5.75 Å². The average molecular weight is 359 g/mol. The highest BCUT2D eigenvalue weighted by Crippen LogP contribution is 2.18. The predicted molar refractivity (Wildman–Crippen MR) is 99.9 cm³/mol. The van der Waals surface area contributed by atoms with E-state index < -0.39 is 0 Å². The minimum Gasteiger partial charge on any atom is -0.484 e. The Kier molecular flexibility index (Phi) is 6.14. The first-order valence-corrected chi connectivity index (χ1v) is 9.53. The molecule has 1 aromatic rings. The van der Waals surface area contributed by atoms with Crippen LogP contribution >= 0.6 is 0 Å². The Morgan fingerprint density at radius 1 is 1.08 bits per heavy atom. The Balaban J connectivity index is 1.49. The van der Waals surface area contributed by atoms with E-state index in [9.17, 15) is 9.59 Å². The predicted octanol–water partition coefficient (Wildman–Crippen LogP) is 1.74. The third kappa shape index (κ3) is 4.55. The largest absolute Gasteiger partial charge is 0.484 e. The summed E-state index contributed by atoms with van der Waals surface area (Å²) in [5, 5.41) is 0. The second-order valence-electron chi connectivity index (χ2n) is 7.28. The topological polar surface area (TPSA) is 53.1 Å². The number of likely N-dealkylation sites (N-methyl/N-ethyl adjacent to an activating group) is 1. The molecule has 2 fully saturated rings. The van der Waals surface area contributed by atoms with Crippen molar-refractivity contribution in [3.8, 4) is 5.75 Å². The zero-order chi connectivity index (χ0) is 18.5. The minimum absolute atomic E-state index is 0.0681. The van der Waals surface area contributed by atoms with Crippen molar-refractivity contribution in [1.82, 2.24) is 14.7 Å². The number of hydrogen-bond acceptors (Lipinski definition) is 4. The van der Waals surface area contributed by atoms with E-state index in [0.717, 1.165) is 51.1 Å². The van der Waals surface area contributed by atoms with Gasteiger partial charge in [-0.25, -0.2) is 0 Å². The van der Waals surface area contributed by atoms with Crippen molar-refractivity contribution in [2.45, 2.75) is 38.8 Å². The number of hydrogen-bond donors (Lipinski definition) is 0. The molecule has 0 aliphatic carbocycles. The fourth-order valence-corrected chi connectivity index (χ4v) is 3.58. The van der Waals surface area contributed by atoms with Gasteiger partial charge >= 0.3 is 0 Å². The van der Waals surface area contributed by atoms with Gasteiger partial charge in [0.2, 0.25) is 5.91 Å². The maximum atomic E-state index is 12.2. The normalized spacial score (nSPS) is 21.8. The number of nitrogens with zero attached hydrogens (tertiary/aromatic N) is 3. The lowest BCUT2D eigenvalue weighted by molar-refractivity contribution is -0.139. The van der Waals surface area contributed by atoms with Gasteiger partial charge in [-0.05, 0) is 43.9 Å². The minimum atomic E-state index is -0.0909. The molecule has 0 N–H and O–H groups in total. The molecule has 2 saturated heterocycles. The molecular formula is C20H29N3O3. The van der Waals surface area contributed by atoms with Crippen molar-refractivity contribution in [2.75, 3.05) is 39.8 Å². The molecule has 2 aliphatic rings. The van der Waals surface area contributed by atoms with E-state index in [1.165, 1.54) is 6.42 Å². The summed E-state index contributed by atoms with van der Waals surface area (Å²) in [4.78, 5) is 30.1. The summed E-state index contributed by atoms with van der Waals surface area (Å²) in [6, 6.07) is 7.74. The third-order valence-corrected chi connectivity index (χ3v) is 5.38. The zero-order valence-corrected chi connectivity index (χ0v) is 15.8. The molecule has 0 spiro atoms. The first kappa shape index (κ1) is 18.7. The molecular weight excluding hydrogens is 330 g/mol. The number of piperidine rings is 1. The monoisotopic (exact) mass is 359 g/mol. The van der Waals surface area contributed by atoms with Gasteiger partial charge in [-0.1, -0.05) is 12.1 Å². The van der Waals surface area contributed by atoms with Crippen LogP contribution in [0.25, 0.3) is 0 Å². The van der Waals surface area contributed by atoms with Crippen LogP contribution in [0.15, 0.2) is 24.3 Å². The number of carbonyl (C=O) groups is 2. The first-order chi connectivity index (χ1) is 12.5. The number of amides is 2. The Morgan fingerprint density at radius 3 is 2.46 bits per heavy atom. The van der Waals surface area contributed by atoms with Gasteiger partial charge in [0.15, 0.2) is 6.61 Å². The molecule has 1 unspecified atom stereocenters. The standard InChI is InChI=1S/C20H29N3O3/c1-16-20(25)21(2)12-13-23(16)14-17-6-8-18(9-7-17)26-15-19(24)22-10-4-3-5-11-22/h6-9,16H,3-5,10-15H2,1-2H3. The Bertz CT molecular complexity index is 626. The molecule has 1 atom stereocenters. The van der Waals surface area contributed by atoms with Crippen molar-refractivity contribution >= 4 is 11.8 Å². The summed E-state index contributed by atoms with van der Waals surface area (Å²) in [5.41, 5.74) is 1.14. The van der Waals surface area contributed by atoms with Crippen molar-refractivity contribution in [2.24, 2.45) is 0 Å². The van der Waals surface area contributed by atoms with Gasteiger partial charge in [-0.2, -0.15) is 0 Å². The van der Waals surface area contributed by atoms with E-state index >= 15 is 0 Å². The van der Waals surface area contributed by atoms with Gasteiger partial charge < -0.3 is 14.5 Å². The van der Waals surface area contributed by atoms with Crippen LogP contribution < -0.4 is 4.74 Å². The van der Waals surface area contributed by atoms with Gasteiger partial charge in [-0.3, -0.25) is 14.5 Å². The molecule has 6 nitrogen and oxygen atoms in total.